The van der Waals surface area contributed by atoms with E-state index in [9.17, 15) is 4.79 Å². The molecule has 0 aliphatic carbocycles. The van der Waals surface area contributed by atoms with Gasteiger partial charge in [-0.2, -0.15) is 4.98 Å². The highest BCUT2D eigenvalue weighted by Crippen LogP contribution is 2.29. The highest BCUT2D eigenvalue weighted by molar-refractivity contribution is 5.86. The van der Waals surface area contributed by atoms with Gasteiger partial charge in [-0.25, -0.2) is 9.50 Å². The van der Waals surface area contributed by atoms with Crippen LogP contribution in [0.5, 0.6) is 5.75 Å². The van der Waals surface area contributed by atoms with Crippen molar-refractivity contribution in [3.05, 3.63) is 54.1 Å². The first kappa shape index (κ1) is 20.8. The van der Waals surface area contributed by atoms with Crippen molar-refractivity contribution in [2.24, 2.45) is 5.73 Å². The zero-order valence-corrected chi connectivity index (χ0v) is 18.8. The molecule has 1 aliphatic rings. The Morgan fingerprint density at radius 3 is 2.94 bits per heavy atom. The minimum Gasteiger partial charge on any atom is -0.496 e. The van der Waals surface area contributed by atoms with Crippen LogP contribution in [0, 0.1) is 13.8 Å². The molecule has 0 unspecified atom stereocenters. The highest BCUT2D eigenvalue weighted by Gasteiger charge is 2.31. The molecule has 4 aromatic rings. The minimum absolute atomic E-state index is 0.340. The number of nitrogens with two attached hydrogens (primary N) is 1. The van der Waals surface area contributed by atoms with Crippen molar-refractivity contribution in [2.45, 2.75) is 32.7 Å². The molecule has 1 aliphatic heterocycles. The van der Waals surface area contributed by atoms with Crippen LogP contribution in [-0.2, 0) is 4.79 Å². The number of methoxy groups -OCH3 is 1. The topological polar surface area (TPSA) is 116 Å². The van der Waals surface area contributed by atoms with E-state index in [1.54, 1.807) is 18.0 Å². The summed E-state index contributed by atoms with van der Waals surface area (Å²) in [4.78, 5) is 23.1. The number of hydrogen-bond donors (Lipinski definition) is 2. The number of ether oxygens (including phenoxy) is 1. The second-order valence-corrected chi connectivity index (χ2v) is 8.23. The molecular formula is C23H26N8O2. The van der Waals surface area contributed by atoms with Gasteiger partial charge in [0.25, 0.3) is 0 Å². The number of primary amides is 1. The van der Waals surface area contributed by atoms with Gasteiger partial charge in [0.2, 0.25) is 11.9 Å². The standard InChI is InChI=1S/C23H26N8O2/c1-14-10-16(11-19(33-3)15(14)2)29-12-20(25-13-29)26-23-27-22(18-7-5-9-31(18)28-23)30-8-4-6-17(30)21(24)32/h5,7,9-13,17H,4,6,8H2,1-3H3,(H2,24,32)(H,26,28)/t17-/m0/s1. The molecule has 170 valence electrons. The Kier molecular flexibility index (Phi) is 5.12. The molecule has 0 bridgehead atoms. The lowest BCUT2D eigenvalue weighted by atomic mass is 10.1. The van der Waals surface area contributed by atoms with E-state index in [0.29, 0.717) is 24.1 Å². The lowest BCUT2D eigenvalue weighted by molar-refractivity contribution is -0.119. The predicted molar refractivity (Wildman–Crippen MR) is 125 cm³/mol. The number of nitrogens with one attached hydrogen (secondary N) is 1. The van der Waals surface area contributed by atoms with Gasteiger partial charge < -0.3 is 25.3 Å². The average Bonchev–Trinajstić information content (AvgIpc) is 3.55. The Hall–Kier alpha value is -4.08. The van der Waals surface area contributed by atoms with E-state index in [1.165, 1.54) is 0 Å². The Labute approximate surface area is 191 Å². The Morgan fingerprint density at radius 1 is 1.30 bits per heavy atom. The van der Waals surface area contributed by atoms with Crippen LogP contribution in [0.25, 0.3) is 11.2 Å². The number of amides is 1. The van der Waals surface area contributed by atoms with Crippen molar-refractivity contribution in [3.8, 4) is 11.4 Å². The molecule has 3 aromatic heterocycles. The summed E-state index contributed by atoms with van der Waals surface area (Å²) in [5.41, 5.74) is 9.64. The lowest BCUT2D eigenvalue weighted by Crippen LogP contribution is -2.41. The third-order valence-corrected chi connectivity index (χ3v) is 6.17. The van der Waals surface area contributed by atoms with Crippen LogP contribution < -0.4 is 20.7 Å². The summed E-state index contributed by atoms with van der Waals surface area (Å²) >= 11 is 0. The smallest absolute Gasteiger partial charge is 0.248 e. The van der Waals surface area contributed by atoms with Gasteiger partial charge in [0.1, 0.15) is 23.6 Å². The summed E-state index contributed by atoms with van der Waals surface area (Å²) in [6, 6.07) is 7.52. The van der Waals surface area contributed by atoms with E-state index in [1.807, 2.05) is 47.0 Å². The summed E-state index contributed by atoms with van der Waals surface area (Å²) < 4.78 is 9.16. The third kappa shape index (κ3) is 3.73. The Bertz CT molecular complexity index is 1340. The van der Waals surface area contributed by atoms with E-state index in [4.69, 9.17) is 15.5 Å². The molecule has 33 heavy (non-hydrogen) atoms. The molecule has 3 N–H and O–H groups in total. The van der Waals surface area contributed by atoms with E-state index in [2.05, 4.69) is 28.4 Å². The average molecular weight is 447 g/mol. The second-order valence-electron chi connectivity index (χ2n) is 8.23. The number of imidazole rings is 1. The molecule has 0 radical (unpaired) electrons. The molecule has 4 heterocycles. The van der Waals surface area contributed by atoms with Gasteiger partial charge in [-0.1, -0.05) is 0 Å². The van der Waals surface area contributed by atoms with Crippen molar-refractivity contribution in [2.75, 3.05) is 23.9 Å². The van der Waals surface area contributed by atoms with Crippen molar-refractivity contribution in [1.82, 2.24) is 24.1 Å². The van der Waals surface area contributed by atoms with Gasteiger partial charge >= 0.3 is 0 Å². The van der Waals surface area contributed by atoms with Crippen LogP contribution in [0.4, 0.5) is 17.6 Å². The third-order valence-electron chi connectivity index (χ3n) is 6.17. The molecular weight excluding hydrogens is 420 g/mol. The number of rotatable bonds is 6. The van der Waals surface area contributed by atoms with Gasteiger partial charge in [-0.3, -0.25) is 4.79 Å². The van der Waals surface area contributed by atoms with Crippen LogP contribution in [0.2, 0.25) is 0 Å². The molecule has 1 saturated heterocycles. The Balaban J connectivity index is 1.47. The highest BCUT2D eigenvalue weighted by atomic mass is 16.5. The summed E-state index contributed by atoms with van der Waals surface area (Å²) in [5, 5.41) is 7.74. The fraction of sp³-hybridized carbons (Fsp3) is 0.304. The fourth-order valence-electron chi connectivity index (χ4n) is 4.31. The first-order valence-electron chi connectivity index (χ1n) is 10.8. The van der Waals surface area contributed by atoms with E-state index >= 15 is 0 Å². The van der Waals surface area contributed by atoms with Crippen molar-refractivity contribution in [3.63, 3.8) is 0 Å². The fourth-order valence-corrected chi connectivity index (χ4v) is 4.31. The first-order valence-corrected chi connectivity index (χ1v) is 10.8. The van der Waals surface area contributed by atoms with E-state index < -0.39 is 0 Å². The van der Waals surface area contributed by atoms with Crippen molar-refractivity contribution < 1.29 is 9.53 Å². The molecule has 5 rings (SSSR count). The number of anilines is 3. The van der Waals surface area contributed by atoms with E-state index in [-0.39, 0.29) is 11.9 Å². The zero-order chi connectivity index (χ0) is 23.1. The summed E-state index contributed by atoms with van der Waals surface area (Å²) in [7, 11) is 1.67. The molecule has 1 atom stereocenters. The molecule has 1 aromatic carbocycles. The van der Waals surface area contributed by atoms with Crippen LogP contribution in [-0.4, -0.2) is 49.8 Å². The van der Waals surface area contributed by atoms with Crippen molar-refractivity contribution in [1.29, 1.82) is 0 Å². The number of hydrogen-bond acceptors (Lipinski definition) is 7. The maximum atomic E-state index is 12.0. The lowest BCUT2D eigenvalue weighted by Gasteiger charge is -2.24. The maximum absolute atomic E-state index is 12.0. The molecule has 1 fully saturated rings. The number of benzene rings is 1. The maximum Gasteiger partial charge on any atom is 0.248 e. The Morgan fingerprint density at radius 2 is 2.15 bits per heavy atom. The quantitative estimate of drug-likeness (QED) is 0.468. The second kappa shape index (κ2) is 8.12. The molecule has 10 nitrogen and oxygen atoms in total. The predicted octanol–water partition coefficient (Wildman–Crippen LogP) is 2.74. The minimum atomic E-state index is -0.370. The summed E-state index contributed by atoms with van der Waals surface area (Å²) in [5.74, 6) is 2.14. The largest absolute Gasteiger partial charge is 0.496 e. The van der Waals surface area contributed by atoms with Crippen LogP contribution >= 0.6 is 0 Å². The monoisotopic (exact) mass is 446 g/mol. The SMILES string of the molecule is COc1cc(-n2cnc(Nc3nc(N4CCC[C@H]4C(N)=O)c4cccn4n3)c2)cc(C)c1C. The number of aromatic nitrogens is 5. The summed E-state index contributed by atoms with van der Waals surface area (Å²) in [6.07, 6.45) is 7.05. The molecule has 0 spiro atoms. The number of nitrogens with zero attached hydrogens (tertiary/aromatic N) is 6. The number of fused-ring (bicyclic) bond motifs is 1. The number of carbonyl (C=O) groups is 1. The number of carbonyl (C=O) groups excluding carboxylic acids is 1. The zero-order valence-electron chi connectivity index (χ0n) is 18.8. The van der Waals surface area contributed by atoms with Gasteiger partial charge in [0, 0.05) is 18.8 Å². The normalized spacial score (nSPS) is 15.8. The summed E-state index contributed by atoms with van der Waals surface area (Å²) in [6.45, 7) is 4.80. The van der Waals surface area contributed by atoms with Crippen LogP contribution in [0.3, 0.4) is 0 Å². The van der Waals surface area contributed by atoms with Crippen LogP contribution in [0.1, 0.15) is 24.0 Å². The van der Waals surface area contributed by atoms with Crippen LogP contribution in [0.15, 0.2) is 43.0 Å². The first-order chi connectivity index (χ1) is 15.9. The molecule has 10 heteroatoms. The van der Waals surface area contributed by atoms with E-state index in [0.717, 1.165) is 40.9 Å². The molecule has 1 amide bonds. The van der Waals surface area contributed by atoms with Crippen molar-refractivity contribution >= 4 is 29.0 Å². The number of aryl methyl sites for hydroxylation is 1. The van der Waals surface area contributed by atoms with Gasteiger partial charge in [-0.15, -0.1) is 5.10 Å². The van der Waals surface area contributed by atoms with Gasteiger partial charge in [0.15, 0.2) is 11.6 Å². The molecule has 0 saturated carbocycles. The van der Waals surface area contributed by atoms with Gasteiger partial charge in [-0.05, 0) is 56.0 Å². The van der Waals surface area contributed by atoms with Gasteiger partial charge in [0.05, 0.1) is 19.0 Å².